The average molecular weight is 1190 g/mol. The Bertz CT molecular complexity index is 2600. The highest BCUT2D eigenvalue weighted by Crippen LogP contribution is 2.45. The van der Waals surface area contributed by atoms with Gasteiger partial charge in [-0.1, -0.05) is 248 Å². The molecule has 1 atom stereocenters. The topological polar surface area (TPSA) is 146 Å². The van der Waals surface area contributed by atoms with Crippen molar-refractivity contribution in [3.63, 3.8) is 0 Å². The van der Waals surface area contributed by atoms with Gasteiger partial charge in [0.15, 0.2) is 6.61 Å². The molecule has 5 aromatic rings. The van der Waals surface area contributed by atoms with Gasteiger partial charge in [0, 0.05) is 19.0 Å². The molecule has 0 saturated carbocycles. The van der Waals surface area contributed by atoms with Crippen LogP contribution in [0.15, 0.2) is 91.0 Å². The van der Waals surface area contributed by atoms with E-state index in [1.165, 1.54) is 156 Å². The lowest BCUT2D eigenvalue weighted by Gasteiger charge is -2.23. The first-order valence-corrected chi connectivity index (χ1v) is 34.9. The maximum absolute atomic E-state index is 13.7. The molecule has 87 heavy (non-hydrogen) atoms. The van der Waals surface area contributed by atoms with Gasteiger partial charge in [-0.3, -0.25) is 4.79 Å². The van der Waals surface area contributed by atoms with E-state index in [9.17, 15) is 9.59 Å². The SMILES string of the molecule is CCCCCCCCC(CCCCCCCC)Oc1nc(NCCCCCCNC(=O)COc2ccc3c(c2)CCc2ccccc2C3NC(=O)OCC2c3ccccc3-c3ccccc32)nc(OC(CCCCCCCC)CCCCCCCC)n1. The third kappa shape index (κ3) is 24.0. The third-order valence-electron chi connectivity index (χ3n) is 17.8. The van der Waals surface area contributed by atoms with Crippen LogP contribution in [-0.4, -0.2) is 65.5 Å². The number of hydrogen-bond donors (Lipinski definition) is 3. The first-order valence-electron chi connectivity index (χ1n) is 34.9. The number of carbonyl (C=O) groups is 2. The summed E-state index contributed by atoms with van der Waals surface area (Å²) < 4.78 is 25.7. The summed E-state index contributed by atoms with van der Waals surface area (Å²) in [6.45, 7) is 10.6. The summed E-state index contributed by atoms with van der Waals surface area (Å²) in [4.78, 5) is 41.5. The molecule has 3 N–H and O–H groups in total. The maximum atomic E-state index is 13.7. The minimum absolute atomic E-state index is 0.0312. The van der Waals surface area contributed by atoms with Crippen LogP contribution >= 0.6 is 0 Å². The van der Waals surface area contributed by atoms with E-state index >= 15 is 0 Å². The van der Waals surface area contributed by atoms with E-state index in [4.69, 9.17) is 33.9 Å². The van der Waals surface area contributed by atoms with Crippen molar-refractivity contribution in [2.75, 3.05) is 31.6 Å². The fourth-order valence-electron chi connectivity index (χ4n) is 12.7. The smallest absolute Gasteiger partial charge is 0.407 e. The fourth-order valence-corrected chi connectivity index (χ4v) is 12.7. The average Bonchev–Trinajstić information content (AvgIpc) is 1.83. The number of fused-ring (bicyclic) bond motifs is 5. The molecule has 4 aromatic carbocycles. The molecule has 1 aromatic heterocycles. The van der Waals surface area contributed by atoms with Gasteiger partial charge >= 0.3 is 18.1 Å². The van der Waals surface area contributed by atoms with Crippen LogP contribution in [0.2, 0.25) is 0 Å². The zero-order valence-corrected chi connectivity index (χ0v) is 54.1. The second-order valence-electron chi connectivity index (χ2n) is 24.9. The molecule has 0 bridgehead atoms. The zero-order chi connectivity index (χ0) is 60.9. The first kappa shape index (κ1) is 68.3. The number of aromatic nitrogens is 3. The number of amides is 2. The van der Waals surface area contributed by atoms with E-state index in [2.05, 4.69) is 92.2 Å². The molecule has 12 heteroatoms. The van der Waals surface area contributed by atoms with Gasteiger partial charge in [-0.05, 0) is 134 Å². The summed E-state index contributed by atoms with van der Waals surface area (Å²) in [6, 6.07) is 31.3. The summed E-state index contributed by atoms with van der Waals surface area (Å²) in [6.07, 6.45) is 39.2. The number of carbonyl (C=O) groups excluding carboxylic acids is 2. The summed E-state index contributed by atoms with van der Waals surface area (Å²) in [5.41, 5.74) is 9.03. The van der Waals surface area contributed by atoms with Crippen LogP contribution in [0.3, 0.4) is 0 Å². The molecule has 1 unspecified atom stereocenters. The summed E-state index contributed by atoms with van der Waals surface area (Å²) in [7, 11) is 0. The molecule has 0 aliphatic heterocycles. The number of hydrogen-bond acceptors (Lipinski definition) is 10. The van der Waals surface area contributed by atoms with Gasteiger partial charge in [0.25, 0.3) is 5.91 Å². The van der Waals surface area contributed by atoms with Gasteiger partial charge in [-0.15, -0.1) is 4.98 Å². The van der Waals surface area contributed by atoms with E-state index in [1.54, 1.807) is 0 Å². The van der Waals surface area contributed by atoms with Crippen molar-refractivity contribution in [3.8, 4) is 28.9 Å². The Labute approximate surface area is 524 Å². The highest BCUT2D eigenvalue weighted by molar-refractivity contribution is 5.79. The molecule has 1 heterocycles. The molecular formula is C75H110N6O6. The van der Waals surface area contributed by atoms with Gasteiger partial charge in [-0.25, -0.2) is 4.79 Å². The Morgan fingerprint density at radius 1 is 0.483 bits per heavy atom. The van der Waals surface area contributed by atoms with Gasteiger partial charge < -0.3 is 34.9 Å². The number of benzene rings is 4. The number of ether oxygens (including phenoxy) is 4. The number of alkyl carbamates (subject to hydrolysis) is 1. The van der Waals surface area contributed by atoms with Crippen LogP contribution in [0, 0.1) is 0 Å². The van der Waals surface area contributed by atoms with Crippen molar-refractivity contribution in [1.29, 1.82) is 0 Å². The van der Waals surface area contributed by atoms with E-state index in [0.29, 0.717) is 36.8 Å². The van der Waals surface area contributed by atoms with Crippen LogP contribution in [0.5, 0.6) is 17.8 Å². The second kappa shape index (κ2) is 40.4. The molecule has 2 aliphatic carbocycles. The number of anilines is 1. The van der Waals surface area contributed by atoms with E-state index in [-0.39, 0.29) is 37.2 Å². The summed E-state index contributed by atoms with van der Waals surface area (Å²) >= 11 is 0. The van der Waals surface area contributed by atoms with Crippen LogP contribution in [0.4, 0.5) is 10.7 Å². The Kier molecular flexibility index (Phi) is 31.7. The normalized spacial score (nSPS) is 13.4. The lowest BCUT2D eigenvalue weighted by atomic mass is 9.94. The number of rotatable bonds is 46. The van der Waals surface area contributed by atoms with Crippen LogP contribution in [0.25, 0.3) is 11.1 Å². The molecule has 476 valence electrons. The van der Waals surface area contributed by atoms with Crippen molar-refractivity contribution in [1.82, 2.24) is 25.6 Å². The Morgan fingerprint density at radius 3 is 1.47 bits per heavy atom. The Morgan fingerprint density at radius 2 is 0.931 bits per heavy atom. The lowest BCUT2D eigenvalue weighted by molar-refractivity contribution is -0.123. The third-order valence-corrected chi connectivity index (χ3v) is 17.8. The Balaban J connectivity index is 0.886. The molecule has 0 fully saturated rings. The number of unbranched alkanes of at least 4 members (excludes halogenated alkanes) is 23. The fraction of sp³-hybridized carbons (Fsp3) is 0.613. The van der Waals surface area contributed by atoms with Crippen LogP contribution in [0.1, 0.15) is 279 Å². The lowest BCUT2D eigenvalue weighted by Crippen LogP contribution is -2.31. The summed E-state index contributed by atoms with van der Waals surface area (Å²) in [5.74, 6) is 0.959. The predicted molar refractivity (Wildman–Crippen MR) is 356 cm³/mol. The Hall–Kier alpha value is -6.17. The number of aryl methyl sites for hydroxylation is 2. The molecule has 2 aliphatic rings. The maximum Gasteiger partial charge on any atom is 0.407 e. The second-order valence-corrected chi connectivity index (χ2v) is 24.9. The van der Waals surface area contributed by atoms with E-state index in [0.717, 1.165) is 107 Å². The highest BCUT2D eigenvalue weighted by Gasteiger charge is 2.31. The molecule has 7 rings (SSSR count). The monoisotopic (exact) mass is 1190 g/mol. The van der Waals surface area contributed by atoms with Crippen molar-refractivity contribution in [2.24, 2.45) is 0 Å². The molecule has 12 nitrogen and oxygen atoms in total. The number of nitrogens with zero attached hydrogens (tertiary/aromatic N) is 3. The van der Waals surface area contributed by atoms with Gasteiger partial charge in [0.05, 0.1) is 6.04 Å². The minimum Gasteiger partial charge on any atom is -0.484 e. The number of nitrogens with one attached hydrogen (secondary N) is 3. The highest BCUT2D eigenvalue weighted by atomic mass is 16.5. The van der Waals surface area contributed by atoms with E-state index in [1.807, 2.05) is 42.5 Å². The van der Waals surface area contributed by atoms with Crippen molar-refractivity contribution >= 4 is 17.9 Å². The first-order chi connectivity index (χ1) is 42.9. The summed E-state index contributed by atoms with van der Waals surface area (Å²) in [5, 5.41) is 9.83. The quantitative estimate of drug-likeness (QED) is 0.0322. The minimum atomic E-state index is -0.460. The van der Waals surface area contributed by atoms with Gasteiger partial charge in [-0.2, -0.15) is 9.97 Å². The molecular weight excluding hydrogens is 1080 g/mol. The zero-order valence-electron chi connectivity index (χ0n) is 54.1. The molecule has 0 spiro atoms. The van der Waals surface area contributed by atoms with Crippen molar-refractivity contribution in [3.05, 3.63) is 124 Å². The van der Waals surface area contributed by atoms with Crippen LogP contribution < -0.4 is 30.2 Å². The predicted octanol–water partition coefficient (Wildman–Crippen LogP) is 19.3. The van der Waals surface area contributed by atoms with E-state index < -0.39 is 12.1 Å². The largest absolute Gasteiger partial charge is 0.484 e. The van der Waals surface area contributed by atoms with Gasteiger partial charge in [0.2, 0.25) is 5.95 Å². The van der Waals surface area contributed by atoms with Crippen molar-refractivity contribution in [2.45, 2.75) is 270 Å². The molecule has 0 saturated heterocycles. The molecule has 2 amide bonds. The van der Waals surface area contributed by atoms with Crippen LogP contribution in [-0.2, 0) is 22.4 Å². The standard InChI is InChI=1S/C75H110N6O6/c1-5-9-13-17-21-27-40-60(41-28-22-18-14-10-6-2)86-73-79-72(80-74(81-73)87-61(42-29-23-19-15-11-7-3)43-30-24-20-16-12-8-4)77-54-38-26-25-37-53-76-70(82)57-84-62-51-52-64-59(55-62)50-49-58-39-31-32-44-63(58)71(64)78-75(83)85-56-69-67-47-35-33-45-65(67)66-46-34-36-48-68(66)69/h31-36,39,44-48,51-52,55,60-61,69,71H,5-30,37-38,40-43,49-50,53-54,56-57H2,1-4H3,(H,76,82)(H,78,83)(H,77,79,80,81). The van der Waals surface area contributed by atoms with Gasteiger partial charge in [0.1, 0.15) is 24.6 Å². The molecule has 0 radical (unpaired) electrons. The van der Waals surface area contributed by atoms with Crippen molar-refractivity contribution < 1.29 is 28.5 Å².